The topological polar surface area (TPSA) is 86.8 Å². The van der Waals surface area contributed by atoms with Gasteiger partial charge in [-0.15, -0.1) is 11.3 Å². The van der Waals surface area contributed by atoms with Gasteiger partial charge in [0.1, 0.15) is 11.3 Å². The number of halogens is 3. The lowest BCUT2D eigenvalue weighted by molar-refractivity contribution is -0.168. The summed E-state index contributed by atoms with van der Waals surface area (Å²) >= 11 is 1.17. The molecule has 1 aliphatic carbocycles. The molecule has 1 saturated carbocycles. The molecule has 11 heteroatoms. The zero-order valence-electron chi connectivity index (χ0n) is 19.7. The van der Waals surface area contributed by atoms with Crippen LogP contribution in [0.1, 0.15) is 28.3 Å². The number of carbonyl (C=O) groups excluding carboxylic acids is 1. The van der Waals surface area contributed by atoms with E-state index >= 15 is 0 Å². The maximum atomic E-state index is 13.9. The molecule has 186 valence electrons. The lowest BCUT2D eigenvalue weighted by Gasteiger charge is -2.25. The van der Waals surface area contributed by atoms with Crippen LogP contribution in [-0.4, -0.2) is 63.8 Å². The van der Waals surface area contributed by atoms with Crippen molar-refractivity contribution < 1.29 is 18.0 Å². The van der Waals surface area contributed by atoms with Crippen molar-refractivity contribution in [1.82, 2.24) is 30.4 Å². The molecule has 2 N–H and O–H groups in total. The van der Waals surface area contributed by atoms with Crippen molar-refractivity contribution in [3.63, 3.8) is 0 Å². The Morgan fingerprint density at radius 1 is 1.26 bits per heavy atom. The summed E-state index contributed by atoms with van der Waals surface area (Å²) in [6.45, 7) is 2.07. The summed E-state index contributed by atoms with van der Waals surface area (Å²) in [5, 5.41) is 9.73. The van der Waals surface area contributed by atoms with Crippen molar-refractivity contribution in [3.05, 3.63) is 58.3 Å². The van der Waals surface area contributed by atoms with Gasteiger partial charge in [0.25, 0.3) is 0 Å². The summed E-state index contributed by atoms with van der Waals surface area (Å²) in [6.07, 6.45) is 0.244. The molecule has 0 unspecified atom stereocenters. The molecule has 1 amide bonds. The summed E-state index contributed by atoms with van der Waals surface area (Å²) in [5.41, 5.74) is -0.0506. The first-order valence-electron chi connectivity index (χ1n) is 11.2. The molecule has 4 rings (SSSR count). The smallest absolute Gasteiger partial charge is 0.351 e. The van der Waals surface area contributed by atoms with Gasteiger partial charge in [-0.3, -0.25) is 9.89 Å². The highest BCUT2D eigenvalue weighted by Crippen LogP contribution is 2.65. The first kappa shape index (κ1) is 25.1. The number of thiazole rings is 1. The molecular formula is C24H27F3N6OS. The van der Waals surface area contributed by atoms with Crippen LogP contribution in [0.3, 0.4) is 0 Å². The van der Waals surface area contributed by atoms with Gasteiger partial charge in [0.2, 0.25) is 5.91 Å². The van der Waals surface area contributed by atoms with E-state index in [1.54, 1.807) is 6.92 Å². The number of nitrogens with zero attached hydrogens (tertiary/aromatic N) is 4. The number of H-pyrrole nitrogens is 1. The third-order valence-corrected chi connectivity index (χ3v) is 7.24. The van der Waals surface area contributed by atoms with Crippen LogP contribution in [0.2, 0.25) is 0 Å². The van der Waals surface area contributed by atoms with E-state index in [2.05, 4.69) is 25.5 Å². The second-order valence-electron chi connectivity index (χ2n) is 9.01. The molecule has 35 heavy (non-hydrogen) atoms. The van der Waals surface area contributed by atoms with Crippen LogP contribution < -0.4 is 5.32 Å². The number of rotatable bonds is 9. The Labute approximate surface area is 205 Å². The SMILES string of the molecule is Cc1cnc(/C(=C\C(=O)NC[C@H](Cc2ccc(-c3ncn[nH]3)cc2)N(C)C)C2(C(F)(F)F)CC2)s1. The Balaban J connectivity index is 1.45. The van der Waals surface area contributed by atoms with Gasteiger partial charge in [0.15, 0.2) is 5.82 Å². The number of hydrogen-bond acceptors (Lipinski definition) is 6. The predicted molar refractivity (Wildman–Crippen MR) is 129 cm³/mol. The van der Waals surface area contributed by atoms with Crippen molar-refractivity contribution >= 4 is 22.8 Å². The van der Waals surface area contributed by atoms with Gasteiger partial charge >= 0.3 is 6.18 Å². The summed E-state index contributed by atoms with van der Waals surface area (Å²) in [4.78, 5) is 23.8. The molecule has 0 radical (unpaired) electrons. The summed E-state index contributed by atoms with van der Waals surface area (Å²) in [5.74, 6) is 0.133. The van der Waals surface area contributed by atoms with E-state index < -0.39 is 17.5 Å². The standard InChI is InChI=1S/C24H27F3N6OS/c1-15-12-29-22(35-15)19(23(8-9-23)24(25,26)27)11-20(34)28-13-18(33(2)3)10-16-4-6-17(7-5-16)21-30-14-31-32-21/h4-7,11-12,14,18H,8-10,13H2,1-3H3,(H,28,34)(H,30,31,32)/b19-11+/t18-/m0/s1. The minimum absolute atomic E-state index is 0.0291. The fourth-order valence-electron chi connectivity index (χ4n) is 3.97. The Hall–Kier alpha value is -3.05. The number of carbonyl (C=O) groups is 1. The number of nitrogens with one attached hydrogen (secondary N) is 2. The number of alkyl halides is 3. The minimum Gasteiger partial charge on any atom is -0.351 e. The van der Waals surface area contributed by atoms with Crippen LogP contribution >= 0.6 is 11.3 Å². The van der Waals surface area contributed by atoms with E-state index in [1.165, 1.54) is 23.9 Å². The molecule has 1 aromatic carbocycles. The third-order valence-electron chi connectivity index (χ3n) is 6.29. The molecule has 1 aliphatic rings. The van der Waals surface area contributed by atoms with Crippen LogP contribution in [0.25, 0.3) is 17.0 Å². The molecule has 0 bridgehead atoms. The lowest BCUT2D eigenvalue weighted by atomic mass is 9.94. The van der Waals surface area contributed by atoms with E-state index in [1.807, 2.05) is 43.3 Å². The number of aromatic amines is 1. The van der Waals surface area contributed by atoms with E-state index in [0.29, 0.717) is 12.2 Å². The van der Waals surface area contributed by atoms with Crippen molar-refractivity contribution in [2.75, 3.05) is 20.6 Å². The van der Waals surface area contributed by atoms with Crippen molar-refractivity contribution in [2.24, 2.45) is 5.41 Å². The van der Waals surface area contributed by atoms with Crippen molar-refractivity contribution in [3.8, 4) is 11.4 Å². The molecule has 0 spiro atoms. The first-order chi connectivity index (χ1) is 16.6. The monoisotopic (exact) mass is 504 g/mol. The first-order valence-corrected chi connectivity index (χ1v) is 12.0. The van der Waals surface area contributed by atoms with Crippen LogP contribution in [-0.2, 0) is 11.2 Å². The predicted octanol–water partition coefficient (Wildman–Crippen LogP) is 4.25. The van der Waals surface area contributed by atoms with Gasteiger partial charge in [-0.1, -0.05) is 24.3 Å². The quantitative estimate of drug-likeness (QED) is 0.426. The van der Waals surface area contributed by atoms with E-state index in [0.717, 1.165) is 22.1 Å². The highest BCUT2D eigenvalue weighted by atomic mass is 32.1. The van der Waals surface area contributed by atoms with Crippen molar-refractivity contribution in [2.45, 2.75) is 38.4 Å². The number of aryl methyl sites for hydroxylation is 1. The summed E-state index contributed by atoms with van der Waals surface area (Å²) in [7, 11) is 3.81. The zero-order valence-corrected chi connectivity index (χ0v) is 20.5. The molecule has 0 saturated heterocycles. The molecule has 0 aliphatic heterocycles. The minimum atomic E-state index is -4.43. The van der Waals surface area contributed by atoms with Gasteiger partial charge in [-0.25, -0.2) is 9.97 Å². The van der Waals surface area contributed by atoms with Crippen LogP contribution in [0.5, 0.6) is 0 Å². The molecular weight excluding hydrogens is 477 g/mol. The van der Waals surface area contributed by atoms with Crippen LogP contribution in [0.15, 0.2) is 42.9 Å². The Morgan fingerprint density at radius 3 is 2.49 bits per heavy atom. The molecule has 1 atom stereocenters. The highest BCUT2D eigenvalue weighted by molar-refractivity contribution is 7.12. The van der Waals surface area contributed by atoms with Gasteiger partial charge in [0, 0.05) is 40.9 Å². The number of amides is 1. The van der Waals surface area contributed by atoms with Gasteiger partial charge in [0.05, 0.1) is 5.41 Å². The second-order valence-corrected chi connectivity index (χ2v) is 10.2. The average molecular weight is 505 g/mol. The van der Waals surface area contributed by atoms with E-state index in [4.69, 9.17) is 0 Å². The van der Waals surface area contributed by atoms with E-state index in [9.17, 15) is 18.0 Å². The summed E-state index contributed by atoms with van der Waals surface area (Å²) < 4.78 is 41.6. The number of allylic oxidation sites excluding steroid dienone is 1. The molecule has 2 aromatic heterocycles. The highest BCUT2D eigenvalue weighted by Gasteiger charge is 2.66. The van der Waals surface area contributed by atoms with Gasteiger partial charge in [-0.05, 0) is 45.8 Å². The number of likely N-dealkylation sites (N-methyl/N-ethyl adjacent to an activating group) is 1. The molecule has 1 fully saturated rings. The van der Waals surface area contributed by atoms with Crippen LogP contribution in [0.4, 0.5) is 13.2 Å². The number of hydrogen-bond donors (Lipinski definition) is 2. The lowest BCUT2D eigenvalue weighted by Crippen LogP contribution is -2.41. The van der Waals surface area contributed by atoms with E-state index in [-0.39, 0.29) is 36.0 Å². The normalized spacial score (nSPS) is 16.4. The molecule has 3 aromatic rings. The average Bonchev–Trinajstić information content (AvgIpc) is 3.23. The zero-order chi connectivity index (χ0) is 25.2. The second kappa shape index (κ2) is 9.90. The fourth-order valence-corrected chi connectivity index (χ4v) is 4.85. The van der Waals surface area contributed by atoms with Gasteiger partial charge in [-0.2, -0.15) is 18.3 Å². The number of benzene rings is 1. The van der Waals surface area contributed by atoms with Crippen LogP contribution in [0, 0.1) is 12.3 Å². The maximum absolute atomic E-state index is 13.9. The maximum Gasteiger partial charge on any atom is 0.398 e. The fraction of sp³-hybridized carbons (Fsp3) is 0.417. The summed E-state index contributed by atoms with van der Waals surface area (Å²) in [6, 6.07) is 7.81. The molecule has 2 heterocycles. The number of aromatic nitrogens is 4. The van der Waals surface area contributed by atoms with Gasteiger partial charge < -0.3 is 10.2 Å². The Morgan fingerprint density at radius 2 is 1.97 bits per heavy atom. The largest absolute Gasteiger partial charge is 0.398 e. The Kier molecular flexibility index (Phi) is 7.09. The Bertz CT molecular complexity index is 1180. The molecule has 7 nitrogen and oxygen atoms in total. The van der Waals surface area contributed by atoms with Crippen molar-refractivity contribution in [1.29, 1.82) is 0 Å². The third kappa shape index (κ3) is 5.62.